The van der Waals surface area contributed by atoms with Crippen molar-refractivity contribution in [2.75, 3.05) is 5.73 Å². The van der Waals surface area contributed by atoms with E-state index in [4.69, 9.17) is 11.5 Å². The molecule has 204 valence electrons. The largest absolute Gasteiger partial charge is 0.477 e. The van der Waals surface area contributed by atoms with Crippen LogP contribution in [0, 0.1) is 27.7 Å². The van der Waals surface area contributed by atoms with Crippen LogP contribution in [0.1, 0.15) is 66.8 Å². The molecule has 4 aromatic rings. The summed E-state index contributed by atoms with van der Waals surface area (Å²) in [5.41, 5.74) is 19.4. The molecule has 5 N–H and O–H groups in total. The lowest BCUT2D eigenvalue weighted by molar-refractivity contribution is 0.0684. The number of pyridine rings is 1. The molecule has 2 heterocycles. The molecule has 0 unspecified atom stereocenters. The summed E-state index contributed by atoms with van der Waals surface area (Å²) >= 11 is 0. The Kier molecular flexibility index (Phi) is 9.14. The Labute approximate surface area is 228 Å². The van der Waals surface area contributed by atoms with E-state index in [1.807, 2.05) is 69.5 Å². The van der Waals surface area contributed by atoms with Gasteiger partial charge in [-0.2, -0.15) is 0 Å². The Hall–Kier alpha value is -4.59. The third-order valence-corrected chi connectivity index (χ3v) is 6.99. The predicted molar refractivity (Wildman–Crippen MR) is 154 cm³/mol. The maximum atomic E-state index is 11.8. The van der Waals surface area contributed by atoms with E-state index in [0.717, 1.165) is 39.1 Å². The number of amides is 1. The normalized spacial score (nSPS) is 10.6. The quantitative estimate of drug-likeness (QED) is 0.301. The van der Waals surface area contributed by atoms with Crippen molar-refractivity contribution in [3.63, 3.8) is 0 Å². The maximum Gasteiger partial charge on any atom is 0.352 e. The lowest BCUT2D eigenvalue weighted by Gasteiger charge is -2.11. The summed E-state index contributed by atoms with van der Waals surface area (Å²) in [6.07, 6.45) is 2.46. The summed E-state index contributed by atoms with van der Waals surface area (Å²) in [6, 6.07) is 16.8. The van der Waals surface area contributed by atoms with Crippen molar-refractivity contribution in [3.8, 4) is 0 Å². The number of carbonyl (C=O) groups excluding carboxylic acids is 1. The number of carboxylic acids is 1. The zero-order chi connectivity index (χ0) is 28.9. The SMILES string of the molecule is CCn1c(C(=O)O)cc(C)c1Cc1ccc(Cn2ccccc2=O)cc1.Cc1cc(N)c(C)c(C)c1C(N)=O. The number of aromatic nitrogens is 2. The van der Waals surface area contributed by atoms with Gasteiger partial charge in [0.05, 0.1) is 6.54 Å². The van der Waals surface area contributed by atoms with Crippen molar-refractivity contribution in [1.82, 2.24) is 9.13 Å². The van der Waals surface area contributed by atoms with E-state index in [9.17, 15) is 19.5 Å². The molecule has 0 atom stereocenters. The van der Waals surface area contributed by atoms with E-state index >= 15 is 0 Å². The molecule has 0 spiro atoms. The second kappa shape index (κ2) is 12.3. The fraction of sp³-hybridized carbons (Fsp3) is 0.258. The number of aryl methyl sites for hydroxylation is 2. The van der Waals surface area contributed by atoms with E-state index in [2.05, 4.69) is 0 Å². The van der Waals surface area contributed by atoms with Gasteiger partial charge in [0.15, 0.2) is 0 Å². The molecule has 0 bridgehead atoms. The van der Waals surface area contributed by atoms with Gasteiger partial charge in [0.1, 0.15) is 5.69 Å². The molecule has 0 aliphatic heterocycles. The highest BCUT2D eigenvalue weighted by Crippen LogP contribution is 2.23. The number of nitrogens with zero attached hydrogens (tertiary/aromatic N) is 2. The van der Waals surface area contributed by atoms with Gasteiger partial charge in [-0.05, 0) is 86.2 Å². The molecule has 0 aliphatic rings. The van der Waals surface area contributed by atoms with Crippen LogP contribution in [-0.4, -0.2) is 26.1 Å². The fourth-order valence-corrected chi connectivity index (χ4v) is 4.73. The van der Waals surface area contributed by atoms with Crippen LogP contribution in [0.4, 0.5) is 5.69 Å². The summed E-state index contributed by atoms with van der Waals surface area (Å²) in [5, 5.41) is 9.35. The van der Waals surface area contributed by atoms with Gasteiger partial charge in [0, 0.05) is 42.2 Å². The third kappa shape index (κ3) is 6.65. The van der Waals surface area contributed by atoms with E-state index < -0.39 is 11.9 Å². The van der Waals surface area contributed by atoms with E-state index in [1.54, 1.807) is 35.0 Å². The molecule has 4 rings (SSSR count). The average molecular weight is 529 g/mol. The van der Waals surface area contributed by atoms with Gasteiger partial charge in [0.25, 0.3) is 5.56 Å². The van der Waals surface area contributed by atoms with Gasteiger partial charge < -0.3 is 25.7 Å². The van der Waals surface area contributed by atoms with Gasteiger partial charge in [-0.3, -0.25) is 9.59 Å². The number of carbonyl (C=O) groups is 2. The molecule has 0 saturated carbocycles. The summed E-state index contributed by atoms with van der Waals surface area (Å²) in [5.74, 6) is -1.29. The molecule has 0 aliphatic carbocycles. The maximum absolute atomic E-state index is 11.8. The van der Waals surface area contributed by atoms with Gasteiger partial charge >= 0.3 is 5.97 Å². The first-order valence-corrected chi connectivity index (χ1v) is 12.8. The second-order valence-electron chi connectivity index (χ2n) is 9.64. The first-order valence-electron chi connectivity index (χ1n) is 12.8. The standard InChI is InChI=1S/C21H22N2O3.C10H14N2O/c1-3-23-18(15(2)12-19(23)21(25)26)13-16-7-9-17(10-8-16)14-22-11-5-4-6-20(22)24;1-5-4-8(11)6(2)7(3)9(5)10(12)13/h4-12H,3,13-14H2,1-2H3,(H,25,26);4H,11H2,1-3H3,(H2,12,13). The first-order chi connectivity index (χ1) is 18.4. The molecule has 8 heteroatoms. The molecule has 0 saturated heterocycles. The molecule has 2 aromatic heterocycles. The van der Waals surface area contributed by atoms with Crippen LogP contribution >= 0.6 is 0 Å². The molecule has 0 fully saturated rings. The van der Waals surface area contributed by atoms with Crippen LogP contribution in [0.15, 0.2) is 65.6 Å². The number of rotatable bonds is 7. The molecule has 2 aromatic carbocycles. The van der Waals surface area contributed by atoms with Crippen LogP contribution < -0.4 is 17.0 Å². The van der Waals surface area contributed by atoms with Crippen molar-refractivity contribution in [2.24, 2.45) is 5.73 Å². The Morgan fingerprint density at radius 3 is 2.10 bits per heavy atom. The van der Waals surface area contributed by atoms with Crippen LogP contribution in [-0.2, 0) is 19.5 Å². The highest BCUT2D eigenvalue weighted by atomic mass is 16.4. The predicted octanol–water partition coefficient (Wildman–Crippen LogP) is 4.61. The van der Waals surface area contributed by atoms with Gasteiger partial charge in [-0.25, -0.2) is 4.79 Å². The minimum Gasteiger partial charge on any atom is -0.477 e. The fourth-order valence-electron chi connectivity index (χ4n) is 4.73. The number of benzene rings is 2. The Bertz CT molecular complexity index is 1560. The lowest BCUT2D eigenvalue weighted by Crippen LogP contribution is -2.18. The van der Waals surface area contributed by atoms with E-state index in [-0.39, 0.29) is 5.56 Å². The molecular weight excluding hydrogens is 492 g/mol. The Morgan fingerprint density at radius 1 is 0.897 bits per heavy atom. The van der Waals surface area contributed by atoms with Gasteiger partial charge in [0.2, 0.25) is 5.91 Å². The highest BCUT2D eigenvalue weighted by Gasteiger charge is 2.16. The number of carboxylic acid groups (broad SMARTS) is 1. The van der Waals surface area contributed by atoms with Crippen molar-refractivity contribution in [1.29, 1.82) is 0 Å². The van der Waals surface area contributed by atoms with Crippen molar-refractivity contribution in [2.45, 2.75) is 54.1 Å². The number of hydrogen-bond acceptors (Lipinski definition) is 4. The van der Waals surface area contributed by atoms with Crippen molar-refractivity contribution in [3.05, 3.63) is 121 Å². The summed E-state index contributed by atoms with van der Waals surface area (Å²) in [6.45, 7) is 10.6. The number of anilines is 1. The summed E-state index contributed by atoms with van der Waals surface area (Å²) in [7, 11) is 0. The molecule has 0 radical (unpaired) electrons. The molecular formula is C31H36N4O4. The number of hydrogen-bond donors (Lipinski definition) is 3. The number of nitrogen functional groups attached to an aromatic ring is 1. The lowest BCUT2D eigenvalue weighted by atomic mass is 9.96. The topological polar surface area (TPSA) is 133 Å². The number of primary amides is 1. The minimum atomic E-state index is -0.898. The monoisotopic (exact) mass is 528 g/mol. The Balaban J connectivity index is 0.000000272. The zero-order valence-corrected chi connectivity index (χ0v) is 23.1. The van der Waals surface area contributed by atoms with Gasteiger partial charge in [-0.15, -0.1) is 0 Å². The minimum absolute atomic E-state index is 0.0193. The summed E-state index contributed by atoms with van der Waals surface area (Å²) < 4.78 is 3.52. The van der Waals surface area contributed by atoms with Gasteiger partial charge in [-0.1, -0.05) is 30.3 Å². The van der Waals surface area contributed by atoms with E-state index in [0.29, 0.717) is 36.5 Å². The van der Waals surface area contributed by atoms with Crippen LogP contribution in [0.3, 0.4) is 0 Å². The smallest absolute Gasteiger partial charge is 0.352 e. The van der Waals surface area contributed by atoms with Crippen LogP contribution in [0.5, 0.6) is 0 Å². The first kappa shape index (κ1) is 29.0. The van der Waals surface area contributed by atoms with Crippen molar-refractivity contribution < 1.29 is 14.7 Å². The third-order valence-electron chi connectivity index (χ3n) is 6.99. The zero-order valence-electron chi connectivity index (χ0n) is 23.1. The van der Waals surface area contributed by atoms with Crippen molar-refractivity contribution >= 4 is 17.6 Å². The van der Waals surface area contributed by atoms with Crippen LogP contribution in [0.2, 0.25) is 0 Å². The number of nitrogens with two attached hydrogens (primary N) is 2. The molecule has 8 nitrogen and oxygen atoms in total. The Morgan fingerprint density at radius 2 is 1.54 bits per heavy atom. The number of aromatic carboxylic acids is 1. The van der Waals surface area contributed by atoms with E-state index in [1.165, 1.54) is 0 Å². The van der Waals surface area contributed by atoms with Crippen LogP contribution in [0.25, 0.3) is 0 Å². The average Bonchev–Trinajstić information content (AvgIpc) is 3.20. The molecule has 39 heavy (non-hydrogen) atoms. The molecule has 1 amide bonds. The summed E-state index contributed by atoms with van der Waals surface area (Å²) in [4.78, 5) is 34.3. The highest BCUT2D eigenvalue weighted by molar-refractivity contribution is 5.96. The second-order valence-corrected chi connectivity index (χ2v) is 9.64.